The van der Waals surface area contributed by atoms with Crippen LogP contribution in [0, 0.1) is 19.7 Å². The average molecular weight is 535 g/mol. The zero-order chi connectivity index (χ0) is 27.9. The van der Waals surface area contributed by atoms with Gasteiger partial charge in [0.1, 0.15) is 29.2 Å². The van der Waals surface area contributed by atoms with Crippen molar-refractivity contribution in [3.8, 4) is 28.4 Å². The van der Waals surface area contributed by atoms with E-state index in [0.29, 0.717) is 49.5 Å². The van der Waals surface area contributed by atoms with E-state index in [1.165, 1.54) is 6.07 Å². The van der Waals surface area contributed by atoms with E-state index in [9.17, 15) is 9.90 Å². The molecule has 0 bridgehead atoms. The van der Waals surface area contributed by atoms with Gasteiger partial charge in [0, 0.05) is 29.5 Å². The number of aliphatic carboxylic acids is 1. The van der Waals surface area contributed by atoms with Gasteiger partial charge in [0.25, 0.3) is 0 Å². The normalized spacial score (nSPS) is 17.9. The third kappa shape index (κ3) is 5.74. The van der Waals surface area contributed by atoms with E-state index in [-0.39, 0.29) is 18.2 Å². The molecule has 0 amide bonds. The van der Waals surface area contributed by atoms with Crippen LogP contribution in [0.15, 0.2) is 42.5 Å². The number of ether oxygens (including phenoxy) is 3. The molecule has 1 aliphatic heterocycles. The van der Waals surface area contributed by atoms with Gasteiger partial charge in [0.05, 0.1) is 25.2 Å². The number of fused-ring (bicyclic) bond motifs is 2. The van der Waals surface area contributed by atoms with E-state index >= 15 is 4.39 Å². The molecule has 0 fully saturated rings. The third-order valence-corrected chi connectivity index (χ3v) is 7.60. The summed E-state index contributed by atoms with van der Waals surface area (Å²) in [5, 5.41) is 19.1. The van der Waals surface area contributed by atoms with Crippen molar-refractivity contribution in [2.45, 2.75) is 71.0 Å². The Morgan fingerprint density at radius 1 is 1.10 bits per heavy atom. The molecule has 2 atom stereocenters. The number of benzene rings is 3. The van der Waals surface area contributed by atoms with Gasteiger partial charge < -0.3 is 24.4 Å². The Morgan fingerprint density at radius 3 is 2.54 bits per heavy atom. The number of carboxylic acid groups (broad SMARTS) is 1. The fourth-order valence-corrected chi connectivity index (χ4v) is 5.75. The maximum absolute atomic E-state index is 15.2. The summed E-state index contributed by atoms with van der Waals surface area (Å²) in [5.41, 5.74) is 5.77. The topological polar surface area (TPSA) is 85.2 Å². The van der Waals surface area contributed by atoms with Crippen LogP contribution in [0.5, 0.6) is 17.2 Å². The summed E-state index contributed by atoms with van der Waals surface area (Å²) in [5.74, 6) is 0.640. The van der Waals surface area contributed by atoms with E-state index < -0.39 is 17.7 Å². The van der Waals surface area contributed by atoms with Gasteiger partial charge in [-0.05, 0) is 92.6 Å². The molecule has 2 aliphatic rings. The number of hydrogen-bond acceptors (Lipinski definition) is 5. The van der Waals surface area contributed by atoms with Crippen LogP contribution >= 0.6 is 0 Å². The van der Waals surface area contributed by atoms with E-state index in [1.54, 1.807) is 19.9 Å². The Morgan fingerprint density at radius 2 is 1.85 bits per heavy atom. The maximum atomic E-state index is 15.2. The molecule has 2 N–H and O–H groups in total. The summed E-state index contributed by atoms with van der Waals surface area (Å²) >= 11 is 0. The van der Waals surface area contributed by atoms with Crippen molar-refractivity contribution in [3.05, 3.63) is 76.1 Å². The van der Waals surface area contributed by atoms with E-state index in [0.717, 1.165) is 39.1 Å². The quantitative estimate of drug-likeness (QED) is 0.319. The fraction of sp³-hybridized carbons (Fsp3) is 0.406. The lowest BCUT2D eigenvalue weighted by atomic mass is 9.90. The summed E-state index contributed by atoms with van der Waals surface area (Å²) in [4.78, 5) is 11.1. The number of aryl methyl sites for hydroxylation is 2. The summed E-state index contributed by atoms with van der Waals surface area (Å²) in [6.07, 6.45) is 1.46. The second kappa shape index (κ2) is 10.5. The first-order valence-corrected chi connectivity index (χ1v) is 13.4. The van der Waals surface area contributed by atoms with Crippen molar-refractivity contribution in [2.75, 3.05) is 13.2 Å². The van der Waals surface area contributed by atoms with Crippen LogP contribution < -0.4 is 14.2 Å². The maximum Gasteiger partial charge on any atom is 0.304 e. The van der Waals surface area contributed by atoms with Gasteiger partial charge in [0.2, 0.25) is 0 Å². The molecule has 0 radical (unpaired) electrons. The van der Waals surface area contributed by atoms with Crippen molar-refractivity contribution in [1.29, 1.82) is 0 Å². The minimum atomic E-state index is -0.857. The first kappa shape index (κ1) is 27.0. The molecule has 1 heterocycles. The minimum Gasteiger partial charge on any atom is -0.493 e. The SMILES string of the molecule is Cc1cc(OCCC(C)(C)O)cc(C)c1-c1ccc(F)c2c1CC[C@H]2Oc1ccc2c(c1)OCC2CC(=O)O. The van der Waals surface area contributed by atoms with Crippen molar-refractivity contribution < 1.29 is 33.6 Å². The predicted molar refractivity (Wildman–Crippen MR) is 146 cm³/mol. The Labute approximate surface area is 228 Å². The number of carboxylic acids is 1. The number of carbonyl (C=O) groups is 1. The average Bonchev–Trinajstić information content (AvgIpc) is 3.44. The molecule has 1 unspecified atom stereocenters. The molecule has 0 aromatic heterocycles. The van der Waals surface area contributed by atoms with Gasteiger partial charge in [-0.1, -0.05) is 12.1 Å². The molecule has 3 aromatic carbocycles. The first-order chi connectivity index (χ1) is 18.5. The Hall–Kier alpha value is -3.58. The van der Waals surface area contributed by atoms with Crippen LogP contribution in [0.2, 0.25) is 0 Å². The molecule has 206 valence electrons. The van der Waals surface area contributed by atoms with Crippen molar-refractivity contribution in [2.24, 2.45) is 0 Å². The summed E-state index contributed by atoms with van der Waals surface area (Å²) in [6.45, 7) is 8.34. The Balaban J connectivity index is 1.38. The standard InChI is InChI=1S/C32H35FO6/c1-18-13-22(37-12-11-32(3,4)36)14-19(2)30(18)24-7-9-26(33)31-25(24)8-10-27(31)39-21-5-6-23-20(15-29(34)35)17-38-28(23)16-21/h5-7,9,13-14,16,20,27,36H,8,10-12,15,17H2,1-4H3,(H,34,35)/t20?,27-/m1/s1. The van der Waals surface area contributed by atoms with Gasteiger partial charge >= 0.3 is 5.97 Å². The van der Waals surface area contributed by atoms with E-state index in [1.807, 2.05) is 44.2 Å². The molecule has 3 aromatic rings. The van der Waals surface area contributed by atoms with Crippen LogP contribution in [0.1, 0.15) is 72.9 Å². The zero-order valence-corrected chi connectivity index (χ0v) is 22.8. The Bertz CT molecular complexity index is 1380. The van der Waals surface area contributed by atoms with Gasteiger partial charge in [-0.25, -0.2) is 4.39 Å². The van der Waals surface area contributed by atoms with Gasteiger partial charge in [0.15, 0.2) is 0 Å². The van der Waals surface area contributed by atoms with Crippen LogP contribution in [0.25, 0.3) is 11.1 Å². The first-order valence-electron chi connectivity index (χ1n) is 13.4. The molecule has 1 aliphatic carbocycles. The molecular formula is C32H35FO6. The lowest BCUT2D eigenvalue weighted by molar-refractivity contribution is -0.137. The van der Waals surface area contributed by atoms with Crippen molar-refractivity contribution in [3.63, 3.8) is 0 Å². The van der Waals surface area contributed by atoms with Crippen LogP contribution in [-0.4, -0.2) is 35.0 Å². The van der Waals surface area contributed by atoms with E-state index in [4.69, 9.17) is 19.3 Å². The number of hydrogen-bond donors (Lipinski definition) is 2. The third-order valence-electron chi connectivity index (χ3n) is 7.60. The minimum absolute atomic E-state index is 0.0178. The van der Waals surface area contributed by atoms with Crippen molar-refractivity contribution in [1.82, 2.24) is 0 Å². The molecule has 0 saturated heterocycles. The fourth-order valence-electron chi connectivity index (χ4n) is 5.75. The molecule has 0 spiro atoms. The van der Waals surface area contributed by atoms with Crippen LogP contribution in [-0.2, 0) is 11.2 Å². The van der Waals surface area contributed by atoms with Crippen LogP contribution in [0.3, 0.4) is 0 Å². The van der Waals surface area contributed by atoms with Gasteiger partial charge in [-0.15, -0.1) is 0 Å². The zero-order valence-electron chi connectivity index (χ0n) is 22.8. The van der Waals surface area contributed by atoms with E-state index in [2.05, 4.69) is 0 Å². The molecule has 6 nitrogen and oxygen atoms in total. The number of aliphatic hydroxyl groups is 1. The molecule has 0 saturated carbocycles. The van der Waals surface area contributed by atoms with Gasteiger partial charge in [-0.3, -0.25) is 4.79 Å². The molecule has 39 heavy (non-hydrogen) atoms. The summed E-state index contributed by atoms with van der Waals surface area (Å²) in [7, 11) is 0. The Kier molecular flexibility index (Phi) is 7.29. The largest absolute Gasteiger partial charge is 0.493 e. The monoisotopic (exact) mass is 534 g/mol. The highest BCUT2D eigenvalue weighted by molar-refractivity contribution is 5.76. The number of rotatable bonds is 9. The smallest absolute Gasteiger partial charge is 0.304 e. The van der Waals surface area contributed by atoms with Crippen molar-refractivity contribution >= 4 is 5.97 Å². The lowest BCUT2D eigenvalue weighted by Crippen LogP contribution is -2.21. The molecule has 7 heteroatoms. The summed E-state index contributed by atoms with van der Waals surface area (Å²) in [6, 6.07) is 12.8. The predicted octanol–water partition coefficient (Wildman–Crippen LogP) is 6.67. The highest BCUT2D eigenvalue weighted by Gasteiger charge is 2.32. The summed E-state index contributed by atoms with van der Waals surface area (Å²) < 4.78 is 33.2. The van der Waals surface area contributed by atoms with Gasteiger partial charge in [-0.2, -0.15) is 0 Å². The lowest BCUT2D eigenvalue weighted by Gasteiger charge is -2.20. The molecule has 5 rings (SSSR count). The van der Waals surface area contributed by atoms with Crippen LogP contribution in [0.4, 0.5) is 4.39 Å². The number of halogens is 1. The highest BCUT2D eigenvalue weighted by atomic mass is 19.1. The second-order valence-electron chi connectivity index (χ2n) is 11.3. The highest BCUT2D eigenvalue weighted by Crippen LogP contribution is 2.45. The molecular weight excluding hydrogens is 499 g/mol. The second-order valence-corrected chi connectivity index (χ2v) is 11.3.